The van der Waals surface area contributed by atoms with Crippen LogP contribution in [0.2, 0.25) is 0 Å². The second-order valence-corrected chi connectivity index (χ2v) is 6.79. The summed E-state index contributed by atoms with van der Waals surface area (Å²) in [6.07, 6.45) is 1.69. The fourth-order valence-corrected chi connectivity index (χ4v) is 3.26. The fourth-order valence-electron chi connectivity index (χ4n) is 3.26. The maximum absolute atomic E-state index is 10.2. The molecular weight excluding hydrogens is 338 g/mol. The number of imidazole rings is 1. The summed E-state index contributed by atoms with van der Waals surface area (Å²) in [5.41, 5.74) is 6.70. The first-order chi connectivity index (χ1) is 12.6. The molecule has 4 rings (SSSR count). The Morgan fingerprint density at radius 2 is 2.08 bits per heavy atom. The molecule has 0 amide bonds. The van der Waals surface area contributed by atoms with Gasteiger partial charge in [0, 0.05) is 6.42 Å². The molecule has 0 radical (unpaired) electrons. The number of nitrogens with two attached hydrogens (primary N) is 1. The topological polar surface area (TPSA) is 140 Å². The van der Waals surface area contributed by atoms with Crippen molar-refractivity contribution in [3.8, 4) is 11.8 Å². The number of aromatic nitrogens is 4. The van der Waals surface area contributed by atoms with Gasteiger partial charge in [-0.1, -0.05) is 12.3 Å². The molecule has 26 heavy (non-hydrogen) atoms. The van der Waals surface area contributed by atoms with Crippen LogP contribution in [0.1, 0.15) is 37.7 Å². The molecule has 0 bridgehead atoms. The second kappa shape index (κ2) is 6.81. The number of nitrogens with zero attached hydrogens (tertiary/aromatic N) is 4. The maximum Gasteiger partial charge on any atom is 0.208 e. The van der Waals surface area contributed by atoms with Crippen LogP contribution in [0.3, 0.4) is 0 Å². The minimum Gasteiger partial charge on any atom is -0.394 e. The predicted molar refractivity (Wildman–Crippen MR) is 91.6 cm³/mol. The van der Waals surface area contributed by atoms with E-state index in [4.69, 9.17) is 10.5 Å². The van der Waals surface area contributed by atoms with Crippen molar-refractivity contribution in [2.24, 2.45) is 5.92 Å². The van der Waals surface area contributed by atoms with Crippen molar-refractivity contribution in [3.63, 3.8) is 0 Å². The molecular formula is C17H21N5O4. The summed E-state index contributed by atoms with van der Waals surface area (Å²) in [5, 5.41) is 29.4. The highest BCUT2D eigenvalue weighted by Gasteiger charge is 2.44. The Bertz CT molecular complexity index is 869. The van der Waals surface area contributed by atoms with E-state index in [0.717, 1.165) is 6.42 Å². The average molecular weight is 359 g/mol. The monoisotopic (exact) mass is 359 g/mol. The summed E-state index contributed by atoms with van der Waals surface area (Å²) in [6, 6.07) is 0. The minimum atomic E-state index is -1.23. The maximum atomic E-state index is 10.2. The van der Waals surface area contributed by atoms with Crippen LogP contribution < -0.4 is 5.73 Å². The van der Waals surface area contributed by atoms with E-state index in [-0.39, 0.29) is 11.6 Å². The molecule has 5 N–H and O–H groups in total. The van der Waals surface area contributed by atoms with Crippen LogP contribution in [0.25, 0.3) is 11.2 Å². The van der Waals surface area contributed by atoms with E-state index in [9.17, 15) is 15.3 Å². The van der Waals surface area contributed by atoms with Gasteiger partial charge in [0.25, 0.3) is 0 Å². The lowest BCUT2D eigenvalue weighted by atomic mass is 9.83. The summed E-state index contributed by atoms with van der Waals surface area (Å²) in [5.74, 6) is 7.16. The lowest BCUT2D eigenvalue weighted by Gasteiger charge is -2.22. The van der Waals surface area contributed by atoms with Gasteiger partial charge in [0.05, 0.1) is 12.9 Å². The Labute approximate surface area is 149 Å². The van der Waals surface area contributed by atoms with E-state index in [2.05, 4.69) is 26.8 Å². The zero-order valence-corrected chi connectivity index (χ0v) is 14.1. The molecule has 0 aromatic carbocycles. The SMILES string of the molecule is Nc1nc(C#CCC2CCC2)nc2c1ncn2[C@@H]1O[C@H](CO)C(O)C1O. The minimum absolute atomic E-state index is 0.188. The first-order valence-electron chi connectivity index (χ1n) is 8.70. The van der Waals surface area contributed by atoms with E-state index >= 15 is 0 Å². The van der Waals surface area contributed by atoms with Gasteiger partial charge in [0.1, 0.15) is 23.8 Å². The first kappa shape index (κ1) is 17.2. The van der Waals surface area contributed by atoms with Gasteiger partial charge in [0.2, 0.25) is 5.82 Å². The van der Waals surface area contributed by atoms with Crippen molar-refractivity contribution in [3.05, 3.63) is 12.2 Å². The number of ether oxygens (including phenoxy) is 1. The number of rotatable bonds is 3. The van der Waals surface area contributed by atoms with Crippen LogP contribution in [0.5, 0.6) is 0 Å². The fraction of sp³-hybridized carbons (Fsp3) is 0.588. The molecule has 1 saturated carbocycles. The summed E-state index contributed by atoms with van der Waals surface area (Å²) < 4.78 is 7.02. The van der Waals surface area contributed by atoms with Gasteiger partial charge in [-0.2, -0.15) is 0 Å². The molecule has 2 aromatic rings. The lowest BCUT2D eigenvalue weighted by Crippen LogP contribution is -2.33. The van der Waals surface area contributed by atoms with Gasteiger partial charge in [0.15, 0.2) is 17.7 Å². The Kier molecular flexibility index (Phi) is 4.50. The summed E-state index contributed by atoms with van der Waals surface area (Å²) >= 11 is 0. The van der Waals surface area contributed by atoms with Crippen LogP contribution in [0.15, 0.2) is 6.33 Å². The highest BCUT2D eigenvalue weighted by molar-refractivity contribution is 5.82. The number of nitrogen functional groups attached to an aromatic ring is 1. The summed E-state index contributed by atoms with van der Waals surface area (Å²) in [4.78, 5) is 12.7. The predicted octanol–water partition coefficient (Wildman–Crippen LogP) is -0.438. The van der Waals surface area contributed by atoms with E-state index in [1.165, 1.54) is 30.2 Å². The van der Waals surface area contributed by atoms with Gasteiger partial charge < -0.3 is 25.8 Å². The number of fused-ring (bicyclic) bond motifs is 1. The van der Waals surface area contributed by atoms with Crippen molar-refractivity contribution < 1.29 is 20.1 Å². The third-order valence-corrected chi connectivity index (χ3v) is 5.06. The number of hydrogen-bond donors (Lipinski definition) is 4. The lowest BCUT2D eigenvalue weighted by molar-refractivity contribution is -0.0511. The zero-order chi connectivity index (χ0) is 18.3. The van der Waals surface area contributed by atoms with E-state index < -0.39 is 31.1 Å². The van der Waals surface area contributed by atoms with E-state index in [1.807, 2.05) is 0 Å². The van der Waals surface area contributed by atoms with Crippen LogP contribution in [-0.4, -0.2) is 59.8 Å². The van der Waals surface area contributed by atoms with Gasteiger partial charge in [-0.15, -0.1) is 0 Å². The number of anilines is 1. The normalized spacial score (nSPS) is 28.7. The van der Waals surface area contributed by atoms with Crippen molar-refractivity contribution >= 4 is 17.0 Å². The quantitative estimate of drug-likeness (QED) is 0.541. The number of hydrogen-bond acceptors (Lipinski definition) is 8. The molecule has 1 saturated heterocycles. The standard InChI is InChI=1S/C17H21N5O4/c18-15-12-16(21-11(20-15)6-2-5-9-3-1-4-9)22(8-19-12)17-14(25)13(24)10(7-23)26-17/h8-10,13-14,17,23-25H,1,3-5,7H2,(H2,18,20,21)/t10-,13?,14?,17-/m1/s1. The van der Waals surface area contributed by atoms with Crippen molar-refractivity contribution in [2.45, 2.75) is 50.2 Å². The molecule has 2 fully saturated rings. The molecule has 3 heterocycles. The first-order valence-corrected chi connectivity index (χ1v) is 8.70. The van der Waals surface area contributed by atoms with Crippen LogP contribution in [0.4, 0.5) is 5.82 Å². The van der Waals surface area contributed by atoms with Gasteiger partial charge in [-0.25, -0.2) is 15.0 Å². The molecule has 2 aromatic heterocycles. The highest BCUT2D eigenvalue weighted by atomic mass is 16.6. The smallest absolute Gasteiger partial charge is 0.208 e. The molecule has 138 valence electrons. The molecule has 4 atom stereocenters. The summed E-state index contributed by atoms with van der Waals surface area (Å²) in [7, 11) is 0. The third-order valence-electron chi connectivity index (χ3n) is 5.06. The molecule has 9 heteroatoms. The molecule has 9 nitrogen and oxygen atoms in total. The largest absolute Gasteiger partial charge is 0.394 e. The van der Waals surface area contributed by atoms with Gasteiger partial charge >= 0.3 is 0 Å². The third kappa shape index (κ3) is 2.91. The van der Waals surface area contributed by atoms with Gasteiger partial charge in [-0.3, -0.25) is 4.57 Å². The van der Waals surface area contributed by atoms with E-state index in [1.54, 1.807) is 0 Å². The second-order valence-electron chi connectivity index (χ2n) is 6.79. The molecule has 1 aliphatic carbocycles. The Hall–Kier alpha value is -2.25. The average Bonchev–Trinajstić information content (AvgIpc) is 3.12. The van der Waals surface area contributed by atoms with Crippen molar-refractivity contribution in [1.29, 1.82) is 0 Å². The van der Waals surface area contributed by atoms with Crippen LogP contribution in [-0.2, 0) is 4.74 Å². The van der Waals surface area contributed by atoms with Crippen molar-refractivity contribution in [2.75, 3.05) is 12.3 Å². The van der Waals surface area contributed by atoms with Crippen LogP contribution in [0, 0.1) is 17.8 Å². The number of aliphatic hydroxyl groups excluding tert-OH is 3. The molecule has 2 unspecified atom stereocenters. The zero-order valence-electron chi connectivity index (χ0n) is 14.1. The molecule has 1 aliphatic heterocycles. The molecule has 2 aliphatic rings. The number of aliphatic hydroxyl groups is 3. The van der Waals surface area contributed by atoms with Crippen LogP contribution >= 0.6 is 0 Å². The molecule has 0 spiro atoms. The summed E-state index contributed by atoms with van der Waals surface area (Å²) in [6.45, 7) is -0.406. The van der Waals surface area contributed by atoms with E-state index in [0.29, 0.717) is 17.1 Å². The highest BCUT2D eigenvalue weighted by Crippen LogP contribution is 2.32. The van der Waals surface area contributed by atoms with Crippen molar-refractivity contribution in [1.82, 2.24) is 19.5 Å². The van der Waals surface area contributed by atoms with Gasteiger partial charge in [-0.05, 0) is 24.7 Å². The Balaban J connectivity index is 1.65. The Morgan fingerprint density at radius 3 is 2.73 bits per heavy atom. The Morgan fingerprint density at radius 1 is 1.27 bits per heavy atom.